The van der Waals surface area contributed by atoms with Crippen LogP contribution in [-0.4, -0.2) is 51.3 Å². The number of aryl methyl sites for hydroxylation is 1. The molecule has 1 fully saturated rings. The molecule has 0 N–H and O–H groups in total. The molecule has 1 aliphatic rings. The summed E-state index contributed by atoms with van der Waals surface area (Å²) in [6.45, 7) is 2.25. The maximum atomic E-state index is 12.6. The topological polar surface area (TPSA) is 103 Å². The Labute approximate surface area is 185 Å². The minimum Gasteiger partial charge on any atom is -0.497 e. The molecule has 0 bridgehead atoms. The van der Waals surface area contributed by atoms with Gasteiger partial charge in [-0.05, 0) is 62.2 Å². The van der Waals surface area contributed by atoms with Crippen LogP contribution in [0.1, 0.15) is 39.3 Å². The Morgan fingerprint density at radius 3 is 2.41 bits per heavy atom. The lowest BCUT2D eigenvalue weighted by atomic mass is 10.1. The van der Waals surface area contributed by atoms with E-state index in [-0.39, 0.29) is 16.2 Å². The summed E-state index contributed by atoms with van der Waals surface area (Å²) in [5, 5.41) is 0.720. The zero-order chi connectivity index (χ0) is 22.9. The second-order valence-corrected chi connectivity index (χ2v) is 9.49. The molecular weight excluding hydrogens is 434 g/mol. The largest absolute Gasteiger partial charge is 0.497 e. The molecular formula is C23H23NO7S. The Hall–Kier alpha value is -3.17. The highest BCUT2D eigenvalue weighted by molar-refractivity contribution is 7.89. The molecule has 0 aliphatic carbocycles. The van der Waals surface area contributed by atoms with Crippen molar-refractivity contribution in [1.29, 1.82) is 0 Å². The fourth-order valence-electron chi connectivity index (χ4n) is 3.69. The molecule has 4 rings (SSSR count). The van der Waals surface area contributed by atoms with Crippen LogP contribution in [0.3, 0.4) is 0 Å². The molecule has 2 heterocycles. The van der Waals surface area contributed by atoms with Crippen molar-refractivity contribution in [2.24, 2.45) is 0 Å². The number of benzene rings is 2. The van der Waals surface area contributed by atoms with Crippen LogP contribution in [0.4, 0.5) is 0 Å². The highest BCUT2D eigenvalue weighted by atomic mass is 32.2. The van der Waals surface area contributed by atoms with Crippen molar-refractivity contribution in [3.63, 3.8) is 0 Å². The highest BCUT2D eigenvalue weighted by Crippen LogP contribution is 2.29. The number of hydrogen-bond donors (Lipinski definition) is 0. The molecule has 1 saturated heterocycles. The molecule has 0 unspecified atom stereocenters. The fourth-order valence-corrected chi connectivity index (χ4v) is 5.21. The van der Waals surface area contributed by atoms with Crippen LogP contribution in [0.25, 0.3) is 11.0 Å². The van der Waals surface area contributed by atoms with E-state index in [2.05, 4.69) is 0 Å². The van der Waals surface area contributed by atoms with Crippen molar-refractivity contribution in [3.05, 3.63) is 59.4 Å². The van der Waals surface area contributed by atoms with E-state index in [1.54, 1.807) is 32.2 Å². The molecule has 0 amide bonds. The van der Waals surface area contributed by atoms with Crippen molar-refractivity contribution in [2.45, 2.75) is 24.7 Å². The molecule has 32 heavy (non-hydrogen) atoms. The number of ketones is 1. The van der Waals surface area contributed by atoms with E-state index in [9.17, 15) is 18.0 Å². The Morgan fingerprint density at radius 1 is 1.06 bits per heavy atom. The first-order valence-electron chi connectivity index (χ1n) is 10.2. The molecule has 0 saturated carbocycles. The number of esters is 1. The van der Waals surface area contributed by atoms with Crippen molar-refractivity contribution >= 4 is 32.7 Å². The third-order valence-corrected chi connectivity index (χ3v) is 7.46. The molecule has 168 valence electrons. The van der Waals surface area contributed by atoms with Crippen LogP contribution in [0.2, 0.25) is 0 Å². The minimum atomic E-state index is -3.55. The Kier molecular flexibility index (Phi) is 6.03. The van der Waals surface area contributed by atoms with Gasteiger partial charge in [0.15, 0.2) is 12.4 Å². The molecule has 0 spiro atoms. The van der Waals surface area contributed by atoms with Gasteiger partial charge >= 0.3 is 5.97 Å². The summed E-state index contributed by atoms with van der Waals surface area (Å²) in [6, 6.07) is 10.8. The van der Waals surface area contributed by atoms with Crippen LogP contribution in [0.5, 0.6) is 5.75 Å². The number of ether oxygens (including phenoxy) is 2. The zero-order valence-corrected chi connectivity index (χ0v) is 18.6. The van der Waals surface area contributed by atoms with E-state index in [4.69, 9.17) is 13.9 Å². The summed E-state index contributed by atoms with van der Waals surface area (Å²) >= 11 is 0. The number of rotatable bonds is 7. The number of hydrogen-bond acceptors (Lipinski definition) is 7. The van der Waals surface area contributed by atoms with Crippen LogP contribution < -0.4 is 4.74 Å². The van der Waals surface area contributed by atoms with Gasteiger partial charge in [0.25, 0.3) is 0 Å². The van der Waals surface area contributed by atoms with Gasteiger partial charge in [-0.25, -0.2) is 13.2 Å². The van der Waals surface area contributed by atoms with E-state index in [1.165, 1.54) is 28.6 Å². The first kappa shape index (κ1) is 22.0. The fraction of sp³-hybridized carbons (Fsp3) is 0.304. The van der Waals surface area contributed by atoms with Gasteiger partial charge in [-0.3, -0.25) is 4.79 Å². The normalized spacial score (nSPS) is 14.6. The van der Waals surface area contributed by atoms with Gasteiger partial charge in [0.2, 0.25) is 15.8 Å². The number of sulfonamides is 1. The number of Topliss-reactive ketones (excluding diaryl/α,β-unsaturated/α-hetero) is 1. The van der Waals surface area contributed by atoms with Crippen molar-refractivity contribution < 1.29 is 31.9 Å². The van der Waals surface area contributed by atoms with Gasteiger partial charge in [-0.1, -0.05) is 0 Å². The van der Waals surface area contributed by atoms with E-state index >= 15 is 0 Å². The maximum absolute atomic E-state index is 12.6. The Bertz CT molecular complexity index is 1270. The van der Waals surface area contributed by atoms with Crippen molar-refractivity contribution in [1.82, 2.24) is 4.31 Å². The van der Waals surface area contributed by atoms with Gasteiger partial charge in [-0.2, -0.15) is 4.31 Å². The van der Waals surface area contributed by atoms with Gasteiger partial charge in [0, 0.05) is 29.6 Å². The summed E-state index contributed by atoms with van der Waals surface area (Å²) < 4.78 is 42.5. The van der Waals surface area contributed by atoms with Crippen LogP contribution in [0.15, 0.2) is 51.8 Å². The summed E-state index contributed by atoms with van der Waals surface area (Å²) in [5.41, 5.74) is 1.36. The second-order valence-electron chi connectivity index (χ2n) is 7.55. The second kappa shape index (κ2) is 8.76. The summed E-state index contributed by atoms with van der Waals surface area (Å²) in [4.78, 5) is 25.1. The SMILES string of the molecule is COc1ccc2oc(C(=O)OCC(=O)c3ccc(S(=O)(=O)N4CCCC4)cc3)c(C)c2c1. The molecule has 8 nitrogen and oxygen atoms in total. The lowest BCUT2D eigenvalue weighted by Gasteiger charge is -2.15. The molecule has 0 radical (unpaired) electrons. The molecule has 2 aromatic carbocycles. The average Bonchev–Trinajstić information content (AvgIpc) is 3.46. The lowest BCUT2D eigenvalue weighted by molar-refractivity contribution is 0.0445. The number of methoxy groups -OCH3 is 1. The van der Waals surface area contributed by atoms with Gasteiger partial charge in [0.05, 0.1) is 12.0 Å². The zero-order valence-electron chi connectivity index (χ0n) is 17.8. The van der Waals surface area contributed by atoms with Gasteiger partial charge in [0.1, 0.15) is 11.3 Å². The van der Waals surface area contributed by atoms with Gasteiger partial charge < -0.3 is 13.9 Å². The molecule has 1 aromatic heterocycles. The van der Waals surface area contributed by atoms with E-state index < -0.39 is 28.4 Å². The average molecular weight is 458 g/mol. The van der Waals surface area contributed by atoms with E-state index in [0.29, 0.717) is 30.0 Å². The van der Waals surface area contributed by atoms with Crippen molar-refractivity contribution in [3.8, 4) is 5.75 Å². The van der Waals surface area contributed by atoms with Gasteiger partial charge in [-0.15, -0.1) is 0 Å². The van der Waals surface area contributed by atoms with Crippen LogP contribution in [-0.2, 0) is 14.8 Å². The first-order chi connectivity index (χ1) is 15.3. The molecule has 0 atom stereocenters. The Morgan fingerprint density at radius 2 is 1.75 bits per heavy atom. The minimum absolute atomic E-state index is 0.0214. The summed E-state index contributed by atoms with van der Waals surface area (Å²) in [5.74, 6) is -0.544. The highest BCUT2D eigenvalue weighted by Gasteiger charge is 2.27. The molecule has 1 aliphatic heterocycles. The molecule has 3 aromatic rings. The number of nitrogens with zero attached hydrogens (tertiary/aromatic N) is 1. The van der Waals surface area contributed by atoms with E-state index in [1.807, 2.05) is 0 Å². The van der Waals surface area contributed by atoms with Crippen LogP contribution >= 0.6 is 0 Å². The number of fused-ring (bicyclic) bond motifs is 1. The number of furan rings is 1. The number of carbonyl (C=O) groups excluding carboxylic acids is 2. The van der Waals surface area contributed by atoms with Crippen LogP contribution in [0, 0.1) is 6.92 Å². The molecule has 9 heteroatoms. The predicted octanol–water partition coefficient (Wildman–Crippen LogP) is 3.57. The maximum Gasteiger partial charge on any atom is 0.375 e. The van der Waals surface area contributed by atoms with E-state index in [0.717, 1.165) is 18.2 Å². The third-order valence-electron chi connectivity index (χ3n) is 5.54. The lowest BCUT2D eigenvalue weighted by Crippen LogP contribution is -2.27. The third kappa shape index (κ3) is 4.13. The van der Waals surface area contributed by atoms with Crippen molar-refractivity contribution in [2.75, 3.05) is 26.8 Å². The first-order valence-corrected chi connectivity index (χ1v) is 11.6. The summed E-state index contributed by atoms with van der Waals surface area (Å²) in [6.07, 6.45) is 1.69. The quantitative estimate of drug-likeness (QED) is 0.395. The summed E-state index contributed by atoms with van der Waals surface area (Å²) in [7, 11) is -2.00. The Balaban J connectivity index is 1.43. The smallest absolute Gasteiger partial charge is 0.375 e. The monoisotopic (exact) mass is 457 g/mol. The number of carbonyl (C=O) groups is 2. The predicted molar refractivity (Wildman–Crippen MR) is 117 cm³/mol. The standard InChI is InChI=1S/C23H23NO7S/c1-15-19-13-17(29-2)7-10-21(19)31-22(15)23(26)30-14-20(25)16-5-8-18(9-6-16)32(27,28)24-11-3-4-12-24/h5-10,13H,3-4,11-12,14H2,1-2H3.